The number of carboxylic acids is 1. The lowest BCUT2D eigenvalue weighted by molar-refractivity contribution is -0.137. The van der Waals surface area contributed by atoms with Crippen LogP contribution in [0.25, 0.3) is 0 Å². The fourth-order valence-corrected chi connectivity index (χ4v) is 4.82. The number of hydrogen-bond acceptors (Lipinski definition) is 4. The number of morpholine rings is 1. The zero-order chi connectivity index (χ0) is 21.5. The van der Waals surface area contributed by atoms with Crippen LogP contribution in [0.15, 0.2) is 24.3 Å². The molecule has 6 heteroatoms. The van der Waals surface area contributed by atoms with E-state index in [1.807, 2.05) is 0 Å². The quantitative estimate of drug-likeness (QED) is 0.735. The van der Waals surface area contributed by atoms with Crippen molar-refractivity contribution in [3.63, 3.8) is 0 Å². The Morgan fingerprint density at radius 1 is 1.07 bits per heavy atom. The monoisotopic (exact) mass is 414 g/mol. The van der Waals surface area contributed by atoms with Crippen molar-refractivity contribution in [1.29, 1.82) is 0 Å². The number of aliphatic carboxylic acids is 1. The summed E-state index contributed by atoms with van der Waals surface area (Å²) in [6, 6.07) is 8.66. The first-order valence-electron chi connectivity index (χ1n) is 10.9. The van der Waals surface area contributed by atoms with Crippen molar-refractivity contribution >= 4 is 11.7 Å². The summed E-state index contributed by atoms with van der Waals surface area (Å²) in [5.41, 5.74) is 7.76. The van der Waals surface area contributed by atoms with E-state index in [9.17, 15) is 9.90 Å². The van der Waals surface area contributed by atoms with E-state index in [-0.39, 0.29) is 6.54 Å². The third-order valence-electron chi connectivity index (χ3n) is 6.22. The molecule has 6 nitrogen and oxygen atoms in total. The van der Waals surface area contributed by atoms with Gasteiger partial charge >= 0.3 is 5.97 Å². The average molecular weight is 415 g/mol. The van der Waals surface area contributed by atoms with E-state index >= 15 is 0 Å². The first kappa shape index (κ1) is 22.4. The van der Waals surface area contributed by atoms with Crippen LogP contribution in [-0.2, 0) is 35.3 Å². The van der Waals surface area contributed by atoms with E-state index in [1.165, 1.54) is 40.9 Å². The zero-order valence-electron chi connectivity index (χ0n) is 18.2. The number of benzene rings is 1. The summed E-state index contributed by atoms with van der Waals surface area (Å²) in [6.45, 7) is 5.57. The van der Waals surface area contributed by atoms with E-state index in [2.05, 4.69) is 40.7 Å². The van der Waals surface area contributed by atoms with Crippen molar-refractivity contribution in [1.82, 2.24) is 4.57 Å². The molecular weight excluding hydrogens is 380 g/mol. The van der Waals surface area contributed by atoms with Gasteiger partial charge in [-0.3, -0.25) is 4.79 Å². The molecule has 0 atom stereocenters. The number of hydrogen-bond donors (Lipinski definition) is 2. The van der Waals surface area contributed by atoms with Crippen LogP contribution >= 0.6 is 0 Å². The van der Waals surface area contributed by atoms with Crippen LogP contribution in [-0.4, -0.2) is 54.2 Å². The zero-order valence-corrected chi connectivity index (χ0v) is 18.2. The fourth-order valence-electron chi connectivity index (χ4n) is 4.82. The Kier molecular flexibility index (Phi) is 7.94. The number of anilines is 1. The number of nitrogens with zero attached hydrogens (tertiary/aromatic N) is 2. The number of carboxylic acid groups (broad SMARTS) is 1. The summed E-state index contributed by atoms with van der Waals surface area (Å²) in [6.07, 6.45) is 6.51. The van der Waals surface area contributed by atoms with E-state index in [0.717, 1.165) is 64.8 Å². The topological polar surface area (TPSA) is 74.9 Å². The van der Waals surface area contributed by atoms with Gasteiger partial charge in [-0.25, -0.2) is 0 Å². The number of fused-ring (bicyclic) bond motifs is 1. The summed E-state index contributed by atoms with van der Waals surface area (Å²) < 4.78 is 7.59. The maximum atomic E-state index is 11.5. The molecule has 0 amide bonds. The van der Waals surface area contributed by atoms with Gasteiger partial charge in [-0.05, 0) is 55.4 Å². The van der Waals surface area contributed by atoms with Crippen LogP contribution in [0.1, 0.15) is 47.3 Å². The molecule has 1 aromatic carbocycles. The Bertz CT molecular complexity index is 853. The van der Waals surface area contributed by atoms with Crippen molar-refractivity contribution in [3.8, 4) is 0 Å². The molecule has 0 unspecified atom stereocenters. The summed E-state index contributed by atoms with van der Waals surface area (Å²) in [4.78, 5) is 13.9. The molecule has 0 bridgehead atoms. The number of ether oxygens (including phenoxy) is 1. The Balaban J connectivity index is 0.00000124. The lowest BCUT2D eigenvalue weighted by Gasteiger charge is -2.30. The van der Waals surface area contributed by atoms with Crippen molar-refractivity contribution < 1.29 is 19.7 Å². The van der Waals surface area contributed by atoms with Crippen LogP contribution in [0.3, 0.4) is 0 Å². The molecule has 0 saturated carbocycles. The Morgan fingerprint density at radius 3 is 2.50 bits per heavy atom. The van der Waals surface area contributed by atoms with Crippen LogP contribution in [0.4, 0.5) is 5.69 Å². The molecule has 1 saturated heterocycles. The number of aliphatic hydroxyl groups is 1. The number of aliphatic hydroxyl groups excluding tert-OH is 1. The molecule has 2 heterocycles. The van der Waals surface area contributed by atoms with Crippen molar-refractivity contribution in [2.45, 2.75) is 52.0 Å². The molecule has 0 radical (unpaired) electrons. The maximum absolute atomic E-state index is 11.5. The summed E-state index contributed by atoms with van der Waals surface area (Å²) in [5, 5.41) is 16.4. The third kappa shape index (κ3) is 4.87. The van der Waals surface area contributed by atoms with Crippen molar-refractivity contribution in [2.24, 2.45) is 0 Å². The fraction of sp³-hybridized carbons (Fsp3) is 0.542. The van der Waals surface area contributed by atoms with Crippen molar-refractivity contribution in [3.05, 3.63) is 52.3 Å². The maximum Gasteiger partial charge on any atom is 0.323 e. The highest BCUT2D eigenvalue weighted by Gasteiger charge is 2.24. The number of aromatic nitrogens is 1. The molecular formula is C24H34N2O4. The predicted molar refractivity (Wildman–Crippen MR) is 118 cm³/mol. The van der Waals surface area contributed by atoms with E-state index in [4.69, 9.17) is 9.84 Å². The van der Waals surface area contributed by atoms with Gasteiger partial charge in [0.15, 0.2) is 0 Å². The Labute approximate surface area is 179 Å². The molecule has 1 aliphatic heterocycles. The van der Waals surface area contributed by atoms with E-state index in [1.54, 1.807) is 0 Å². The predicted octanol–water partition coefficient (Wildman–Crippen LogP) is 3.19. The number of carbonyl (C=O) groups is 1. The minimum Gasteiger partial charge on any atom is -0.480 e. The molecule has 2 aliphatic rings. The highest BCUT2D eigenvalue weighted by Crippen LogP contribution is 2.33. The average Bonchev–Trinajstić information content (AvgIpc) is 2.94. The lowest BCUT2D eigenvalue weighted by atomic mass is 9.96. The minimum absolute atomic E-state index is 0.0687. The summed E-state index contributed by atoms with van der Waals surface area (Å²) in [5.74, 6) is -0.759. The lowest BCUT2D eigenvalue weighted by Crippen LogP contribution is -2.36. The molecule has 2 N–H and O–H groups in total. The summed E-state index contributed by atoms with van der Waals surface area (Å²) >= 11 is 0. The van der Waals surface area contributed by atoms with Gasteiger partial charge in [0.25, 0.3) is 0 Å². The molecule has 30 heavy (non-hydrogen) atoms. The van der Waals surface area contributed by atoms with Gasteiger partial charge in [-0.15, -0.1) is 0 Å². The first-order valence-corrected chi connectivity index (χ1v) is 10.9. The van der Waals surface area contributed by atoms with Crippen molar-refractivity contribution in [2.75, 3.05) is 38.3 Å². The first-order chi connectivity index (χ1) is 14.6. The second kappa shape index (κ2) is 10.6. The molecule has 0 spiro atoms. The number of rotatable bonds is 5. The van der Waals surface area contributed by atoms with Gasteiger partial charge in [-0.1, -0.05) is 24.6 Å². The van der Waals surface area contributed by atoms with Gasteiger partial charge < -0.3 is 24.4 Å². The molecule has 1 aliphatic carbocycles. The Hall–Kier alpha value is -2.31. The third-order valence-corrected chi connectivity index (χ3v) is 6.22. The smallest absolute Gasteiger partial charge is 0.323 e. The van der Waals surface area contributed by atoms with Crippen LogP contribution in [0.2, 0.25) is 0 Å². The van der Waals surface area contributed by atoms with Gasteiger partial charge in [0, 0.05) is 43.7 Å². The van der Waals surface area contributed by atoms with Crippen LogP contribution in [0.5, 0.6) is 0 Å². The molecule has 1 aromatic heterocycles. The number of para-hydroxylation sites is 1. The highest BCUT2D eigenvalue weighted by atomic mass is 16.5. The molecule has 1 fully saturated rings. The van der Waals surface area contributed by atoms with Gasteiger partial charge in [-0.2, -0.15) is 0 Å². The largest absolute Gasteiger partial charge is 0.480 e. The Morgan fingerprint density at radius 2 is 1.77 bits per heavy atom. The molecule has 164 valence electrons. The van der Waals surface area contributed by atoms with Crippen LogP contribution in [0, 0.1) is 6.92 Å². The van der Waals surface area contributed by atoms with E-state index < -0.39 is 5.97 Å². The molecule has 4 rings (SSSR count). The second-order valence-electron chi connectivity index (χ2n) is 7.93. The highest BCUT2D eigenvalue weighted by molar-refractivity contribution is 5.67. The van der Waals surface area contributed by atoms with Crippen LogP contribution < -0.4 is 4.90 Å². The summed E-state index contributed by atoms with van der Waals surface area (Å²) in [7, 11) is 1.00. The van der Waals surface area contributed by atoms with E-state index in [0.29, 0.717) is 0 Å². The van der Waals surface area contributed by atoms with Gasteiger partial charge in [0.2, 0.25) is 0 Å². The second-order valence-corrected chi connectivity index (χ2v) is 7.93. The minimum atomic E-state index is -0.759. The standard InChI is InChI=1S/C23H30N2O3.CH4O/c1-17-20(19-8-3-2-4-10-22(19)25(17)16-23(26)27)15-18-7-5-6-9-21(18)24-11-13-28-14-12-24;1-2/h5-7,9H,2-4,8,10-16H2,1H3,(H,26,27);2H,1H3. The normalized spacial score (nSPS) is 16.3. The van der Waals surface area contributed by atoms with Gasteiger partial charge in [0.05, 0.1) is 13.2 Å². The molecule has 2 aromatic rings. The SMILES string of the molecule is CO.Cc1c(Cc2ccccc2N2CCOCC2)c2c(n1CC(=O)O)CCCCC2. The van der Waals surface area contributed by atoms with Gasteiger partial charge in [0.1, 0.15) is 6.54 Å².